The second-order valence-electron chi connectivity index (χ2n) is 7.98. The Kier molecular flexibility index (Phi) is 4.75. The molecule has 1 amide bonds. The summed E-state index contributed by atoms with van der Waals surface area (Å²) in [4.78, 5) is 24.1. The lowest BCUT2D eigenvalue weighted by molar-refractivity contribution is -0.150. The zero-order valence-corrected chi connectivity index (χ0v) is 17.6. The molecule has 0 saturated carbocycles. The minimum atomic E-state index is -1.35. The maximum atomic E-state index is 12.9. The zero-order valence-electron chi connectivity index (χ0n) is 16.8. The highest BCUT2D eigenvalue weighted by Gasteiger charge is 2.40. The van der Waals surface area contributed by atoms with Crippen LogP contribution in [0.15, 0.2) is 41.8 Å². The number of hydrazone groups is 1. The number of aromatic nitrogens is 2. The minimum absolute atomic E-state index is 0.00153. The molecule has 1 unspecified atom stereocenters. The van der Waals surface area contributed by atoms with Gasteiger partial charge in [0.1, 0.15) is 17.0 Å². The second kappa shape index (κ2) is 7.45. The van der Waals surface area contributed by atoms with Crippen LogP contribution in [-0.4, -0.2) is 44.0 Å². The van der Waals surface area contributed by atoms with Crippen molar-refractivity contribution in [3.63, 3.8) is 0 Å². The number of aliphatic hydroxyl groups is 1. The standard InChI is InChI=1S/C22H23N5O2S/c1-22(29)11-16(14-7-3-2-4-8-14)26-27(22)18(28)12-23-20-19-15-9-5-6-10-17(15)30-21(19)25-13-24-20/h2-4,7-8,13,29H,5-6,9-12H2,1H3,(H,23,24,25). The minimum Gasteiger partial charge on any atom is -0.369 e. The fourth-order valence-corrected chi connectivity index (χ4v) is 5.46. The van der Waals surface area contributed by atoms with Crippen LogP contribution in [0.4, 0.5) is 5.82 Å². The van der Waals surface area contributed by atoms with Gasteiger partial charge in [-0.1, -0.05) is 30.3 Å². The molecule has 2 N–H and O–H groups in total. The second-order valence-corrected chi connectivity index (χ2v) is 9.06. The number of carbonyl (C=O) groups excluding carboxylic acids is 1. The van der Waals surface area contributed by atoms with Crippen LogP contribution in [0.2, 0.25) is 0 Å². The molecule has 3 aromatic rings. The lowest BCUT2D eigenvalue weighted by Gasteiger charge is -2.27. The van der Waals surface area contributed by atoms with Crippen LogP contribution in [0.25, 0.3) is 10.2 Å². The third kappa shape index (κ3) is 3.36. The highest BCUT2D eigenvalue weighted by molar-refractivity contribution is 7.19. The normalized spacial score (nSPS) is 20.9. The molecule has 5 rings (SSSR count). The van der Waals surface area contributed by atoms with Gasteiger partial charge >= 0.3 is 0 Å². The predicted octanol–water partition coefficient (Wildman–Crippen LogP) is 3.33. The van der Waals surface area contributed by atoms with Crippen molar-refractivity contribution >= 4 is 39.0 Å². The molecule has 1 atom stereocenters. The van der Waals surface area contributed by atoms with Crippen LogP contribution in [0.5, 0.6) is 0 Å². The molecule has 1 aromatic carbocycles. The maximum absolute atomic E-state index is 12.9. The lowest BCUT2D eigenvalue weighted by Crippen LogP contribution is -2.45. The first kappa shape index (κ1) is 19.1. The number of nitrogens with one attached hydrogen (secondary N) is 1. The summed E-state index contributed by atoms with van der Waals surface area (Å²) in [5, 5.41) is 20.6. The number of fused-ring (bicyclic) bond motifs is 3. The van der Waals surface area contributed by atoms with Gasteiger partial charge in [0.15, 0.2) is 5.72 Å². The Morgan fingerprint density at radius 2 is 2.03 bits per heavy atom. The van der Waals surface area contributed by atoms with Crippen LogP contribution in [0, 0.1) is 0 Å². The Hall–Kier alpha value is -2.84. The van der Waals surface area contributed by atoms with Gasteiger partial charge in [-0.2, -0.15) is 10.1 Å². The molecule has 0 spiro atoms. The largest absolute Gasteiger partial charge is 0.369 e. The average molecular weight is 422 g/mol. The van der Waals surface area contributed by atoms with Crippen molar-refractivity contribution in [1.29, 1.82) is 0 Å². The Balaban J connectivity index is 1.37. The Morgan fingerprint density at radius 1 is 1.23 bits per heavy atom. The highest BCUT2D eigenvalue weighted by Crippen LogP contribution is 2.38. The first-order valence-corrected chi connectivity index (χ1v) is 11.0. The number of hydrogen-bond acceptors (Lipinski definition) is 7. The van der Waals surface area contributed by atoms with Gasteiger partial charge in [0.2, 0.25) is 0 Å². The summed E-state index contributed by atoms with van der Waals surface area (Å²) in [6.07, 6.45) is 6.31. The molecule has 0 saturated heterocycles. The first-order chi connectivity index (χ1) is 14.5. The third-order valence-corrected chi connectivity index (χ3v) is 6.88. The van der Waals surface area contributed by atoms with E-state index in [2.05, 4.69) is 20.4 Å². The molecule has 0 radical (unpaired) electrons. The molecule has 0 fully saturated rings. The molecule has 7 nitrogen and oxygen atoms in total. The van der Waals surface area contributed by atoms with Crippen LogP contribution in [0.3, 0.4) is 0 Å². The van der Waals surface area contributed by atoms with Gasteiger partial charge in [-0.05, 0) is 43.7 Å². The van der Waals surface area contributed by atoms with Crippen molar-refractivity contribution in [3.8, 4) is 0 Å². The zero-order chi connectivity index (χ0) is 20.7. The fraction of sp³-hybridized carbons (Fsp3) is 0.364. The fourth-order valence-electron chi connectivity index (χ4n) is 4.23. The van der Waals surface area contributed by atoms with Gasteiger partial charge in [-0.25, -0.2) is 9.97 Å². The Bertz CT molecular complexity index is 1140. The molecular weight excluding hydrogens is 398 g/mol. The van der Waals surface area contributed by atoms with Gasteiger partial charge < -0.3 is 10.4 Å². The average Bonchev–Trinajstić information content (AvgIpc) is 3.30. The summed E-state index contributed by atoms with van der Waals surface area (Å²) >= 11 is 1.72. The summed E-state index contributed by atoms with van der Waals surface area (Å²) in [6.45, 7) is 1.61. The van der Waals surface area contributed by atoms with Gasteiger partial charge in [0.25, 0.3) is 5.91 Å². The number of aryl methyl sites for hydroxylation is 2. The Morgan fingerprint density at radius 3 is 2.87 bits per heavy atom. The topological polar surface area (TPSA) is 90.7 Å². The van der Waals surface area contributed by atoms with E-state index in [1.807, 2.05) is 30.3 Å². The number of hydrogen-bond donors (Lipinski definition) is 2. The molecular formula is C22H23N5O2S. The summed E-state index contributed by atoms with van der Waals surface area (Å²) in [5.41, 5.74) is 1.56. The number of carbonyl (C=O) groups is 1. The summed E-state index contributed by atoms with van der Waals surface area (Å²) in [6, 6.07) is 9.62. The van der Waals surface area contributed by atoms with E-state index in [9.17, 15) is 9.90 Å². The molecule has 30 heavy (non-hydrogen) atoms. The van der Waals surface area contributed by atoms with Gasteiger partial charge in [-0.15, -0.1) is 11.3 Å². The smallest absolute Gasteiger partial charge is 0.264 e. The number of thiophene rings is 1. The summed E-state index contributed by atoms with van der Waals surface area (Å²) in [5.74, 6) is 0.376. The molecule has 2 aliphatic rings. The first-order valence-electron chi connectivity index (χ1n) is 10.2. The SMILES string of the molecule is CC1(O)CC(c2ccccc2)=NN1C(=O)CNc1ncnc2sc3c(c12)CCCC3. The Labute approximate surface area is 178 Å². The third-order valence-electron chi connectivity index (χ3n) is 5.68. The number of anilines is 1. The van der Waals surface area contributed by atoms with Crippen molar-refractivity contribution < 1.29 is 9.90 Å². The van der Waals surface area contributed by atoms with Crippen molar-refractivity contribution in [3.05, 3.63) is 52.7 Å². The van der Waals surface area contributed by atoms with Crippen LogP contribution in [0.1, 0.15) is 42.2 Å². The molecule has 0 bridgehead atoms. The van der Waals surface area contributed by atoms with Crippen molar-refractivity contribution in [2.45, 2.75) is 44.8 Å². The quantitative estimate of drug-likeness (QED) is 0.674. The summed E-state index contributed by atoms with van der Waals surface area (Å²) < 4.78 is 0. The summed E-state index contributed by atoms with van der Waals surface area (Å²) in [7, 11) is 0. The number of rotatable bonds is 4. The molecule has 8 heteroatoms. The maximum Gasteiger partial charge on any atom is 0.264 e. The van der Waals surface area contributed by atoms with Crippen molar-refractivity contribution in [1.82, 2.24) is 15.0 Å². The van der Waals surface area contributed by atoms with Crippen LogP contribution in [-0.2, 0) is 17.6 Å². The van der Waals surface area contributed by atoms with E-state index >= 15 is 0 Å². The molecule has 1 aliphatic heterocycles. The van der Waals surface area contributed by atoms with Crippen LogP contribution < -0.4 is 5.32 Å². The number of benzene rings is 1. The van der Waals surface area contributed by atoms with E-state index in [0.29, 0.717) is 18.0 Å². The lowest BCUT2D eigenvalue weighted by atomic mass is 9.97. The number of nitrogens with zero attached hydrogens (tertiary/aromatic N) is 4. The van der Waals surface area contributed by atoms with Crippen LogP contribution >= 0.6 is 11.3 Å². The van der Waals surface area contributed by atoms with Crippen molar-refractivity contribution in [2.75, 3.05) is 11.9 Å². The van der Waals surface area contributed by atoms with Gasteiger partial charge in [-0.3, -0.25) is 4.79 Å². The van der Waals surface area contributed by atoms with E-state index in [4.69, 9.17) is 0 Å². The van der Waals surface area contributed by atoms with Gasteiger partial charge in [0, 0.05) is 11.3 Å². The van der Waals surface area contributed by atoms with Crippen molar-refractivity contribution in [2.24, 2.45) is 5.10 Å². The molecule has 1 aliphatic carbocycles. The molecule has 3 heterocycles. The van der Waals surface area contributed by atoms with E-state index in [0.717, 1.165) is 28.6 Å². The predicted molar refractivity (Wildman–Crippen MR) is 118 cm³/mol. The number of amides is 1. The monoisotopic (exact) mass is 421 g/mol. The highest BCUT2D eigenvalue weighted by atomic mass is 32.1. The van der Waals surface area contributed by atoms with E-state index < -0.39 is 5.72 Å². The molecule has 154 valence electrons. The van der Waals surface area contributed by atoms with E-state index in [1.165, 1.54) is 34.6 Å². The van der Waals surface area contributed by atoms with E-state index in [-0.39, 0.29) is 12.5 Å². The van der Waals surface area contributed by atoms with Gasteiger partial charge in [0.05, 0.1) is 17.6 Å². The molecule has 2 aromatic heterocycles. The van der Waals surface area contributed by atoms with E-state index in [1.54, 1.807) is 18.3 Å².